The van der Waals surface area contributed by atoms with Crippen LogP contribution in [0.3, 0.4) is 0 Å². The molecule has 0 amide bonds. The van der Waals surface area contributed by atoms with Gasteiger partial charge in [-0.3, -0.25) is 4.90 Å². The minimum atomic E-state index is 0. The molecule has 0 spiro atoms. The minimum absolute atomic E-state index is 0. The van der Waals surface area contributed by atoms with E-state index in [1.807, 2.05) is 42.5 Å². The number of hydrogen-bond donors (Lipinski definition) is 2. The van der Waals surface area contributed by atoms with E-state index in [2.05, 4.69) is 17.1 Å². The zero-order chi connectivity index (χ0) is 18.9. The molecule has 0 aliphatic carbocycles. The van der Waals surface area contributed by atoms with E-state index in [1.165, 1.54) is 19.3 Å². The standard InChI is InChI=1S/C23H32N2O2.2ClH/c1-2-3-5-10-22(25-15-13-24-14-16-25)21-12-11-20(17-23(21)26)27-18-19-8-6-4-7-9-19;;/h4,6-9,11-12,17,22,24,26H,2-3,5,10,13-16,18H2,1H3;2*1H/t22-;;/m0../s1. The van der Waals surface area contributed by atoms with Crippen LogP contribution in [0.25, 0.3) is 0 Å². The van der Waals surface area contributed by atoms with Crippen molar-refractivity contribution in [1.29, 1.82) is 0 Å². The van der Waals surface area contributed by atoms with Gasteiger partial charge in [-0.2, -0.15) is 0 Å². The van der Waals surface area contributed by atoms with Crippen molar-refractivity contribution in [3.05, 3.63) is 59.7 Å². The topological polar surface area (TPSA) is 44.7 Å². The van der Waals surface area contributed by atoms with E-state index in [-0.39, 0.29) is 30.9 Å². The Morgan fingerprint density at radius 1 is 1.03 bits per heavy atom. The van der Waals surface area contributed by atoms with E-state index in [4.69, 9.17) is 4.74 Å². The lowest BCUT2D eigenvalue weighted by molar-refractivity contribution is 0.160. The van der Waals surface area contributed by atoms with Gasteiger partial charge >= 0.3 is 0 Å². The van der Waals surface area contributed by atoms with Crippen molar-refractivity contribution in [2.45, 2.75) is 45.3 Å². The predicted molar refractivity (Wildman–Crippen MR) is 125 cm³/mol. The third-order valence-electron chi connectivity index (χ3n) is 5.28. The lowest BCUT2D eigenvalue weighted by Gasteiger charge is -2.35. The molecule has 162 valence electrons. The predicted octanol–water partition coefficient (Wildman–Crippen LogP) is 5.34. The molecule has 2 aromatic rings. The Bertz CT molecular complexity index is 695. The summed E-state index contributed by atoms with van der Waals surface area (Å²) >= 11 is 0. The fourth-order valence-corrected chi connectivity index (χ4v) is 3.75. The van der Waals surface area contributed by atoms with Gasteiger partial charge in [0.2, 0.25) is 0 Å². The van der Waals surface area contributed by atoms with Crippen LogP contribution in [0.4, 0.5) is 0 Å². The maximum Gasteiger partial charge on any atom is 0.124 e. The Balaban J connectivity index is 0.00000210. The molecular weight excluding hydrogens is 407 g/mol. The highest BCUT2D eigenvalue weighted by molar-refractivity contribution is 5.85. The van der Waals surface area contributed by atoms with Crippen LogP contribution in [-0.2, 0) is 6.61 Å². The highest BCUT2D eigenvalue weighted by Gasteiger charge is 2.24. The third kappa shape index (κ3) is 7.71. The number of unbranched alkanes of at least 4 members (excludes halogenated alkanes) is 2. The van der Waals surface area contributed by atoms with Crippen LogP contribution in [0.5, 0.6) is 11.5 Å². The van der Waals surface area contributed by atoms with Crippen LogP contribution < -0.4 is 10.1 Å². The first-order valence-corrected chi connectivity index (χ1v) is 10.2. The minimum Gasteiger partial charge on any atom is -0.507 e. The van der Waals surface area contributed by atoms with Gasteiger partial charge in [-0.15, -0.1) is 24.8 Å². The Kier molecular flexibility index (Phi) is 12.1. The van der Waals surface area contributed by atoms with Crippen LogP contribution in [0, 0.1) is 0 Å². The number of piperazine rings is 1. The first-order valence-electron chi connectivity index (χ1n) is 10.2. The van der Waals surface area contributed by atoms with Gasteiger partial charge in [0.25, 0.3) is 0 Å². The molecule has 1 aliphatic heterocycles. The van der Waals surface area contributed by atoms with Crippen molar-refractivity contribution >= 4 is 24.8 Å². The van der Waals surface area contributed by atoms with Crippen LogP contribution in [0.2, 0.25) is 0 Å². The van der Waals surface area contributed by atoms with Gasteiger partial charge in [0.05, 0.1) is 0 Å². The number of phenols is 1. The Labute approximate surface area is 187 Å². The van der Waals surface area contributed by atoms with E-state index in [0.717, 1.165) is 43.7 Å². The van der Waals surface area contributed by atoms with Gasteiger partial charge in [-0.1, -0.05) is 62.6 Å². The molecule has 2 N–H and O–H groups in total. The van der Waals surface area contributed by atoms with Crippen LogP contribution in [0.15, 0.2) is 48.5 Å². The number of benzene rings is 2. The van der Waals surface area contributed by atoms with Crippen molar-refractivity contribution in [2.24, 2.45) is 0 Å². The maximum atomic E-state index is 10.7. The SMILES string of the molecule is CCCCC[C@@H](c1ccc(OCc2ccccc2)cc1O)N1CCNCC1.Cl.Cl. The summed E-state index contributed by atoms with van der Waals surface area (Å²) in [6.45, 7) is 6.84. The third-order valence-corrected chi connectivity index (χ3v) is 5.28. The quantitative estimate of drug-likeness (QED) is 0.516. The molecule has 0 unspecified atom stereocenters. The van der Waals surface area contributed by atoms with Gasteiger partial charge in [0.15, 0.2) is 0 Å². The van der Waals surface area contributed by atoms with Crippen LogP contribution in [-0.4, -0.2) is 36.2 Å². The maximum absolute atomic E-state index is 10.7. The van der Waals surface area contributed by atoms with Gasteiger partial charge in [-0.25, -0.2) is 0 Å². The summed E-state index contributed by atoms with van der Waals surface area (Å²) in [5.74, 6) is 1.06. The lowest BCUT2D eigenvalue weighted by Crippen LogP contribution is -2.45. The van der Waals surface area contributed by atoms with Crippen LogP contribution >= 0.6 is 24.8 Å². The second-order valence-corrected chi connectivity index (χ2v) is 7.29. The highest BCUT2D eigenvalue weighted by Crippen LogP contribution is 2.35. The molecule has 4 nitrogen and oxygen atoms in total. The fraction of sp³-hybridized carbons (Fsp3) is 0.478. The highest BCUT2D eigenvalue weighted by atomic mass is 35.5. The summed E-state index contributed by atoms with van der Waals surface area (Å²) in [6, 6.07) is 16.2. The largest absolute Gasteiger partial charge is 0.507 e. The molecule has 1 atom stereocenters. The number of halogens is 2. The van der Waals surface area contributed by atoms with Crippen molar-refractivity contribution in [3.63, 3.8) is 0 Å². The molecule has 1 fully saturated rings. The van der Waals surface area contributed by atoms with Crippen LogP contribution in [0.1, 0.15) is 49.8 Å². The number of nitrogens with zero attached hydrogens (tertiary/aromatic N) is 1. The van der Waals surface area contributed by atoms with E-state index in [1.54, 1.807) is 6.07 Å². The molecule has 1 aliphatic rings. The normalized spacial score (nSPS) is 15.1. The van der Waals surface area contributed by atoms with Gasteiger partial charge in [0, 0.05) is 43.9 Å². The summed E-state index contributed by atoms with van der Waals surface area (Å²) in [5.41, 5.74) is 2.15. The Hall–Kier alpha value is -1.46. The van der Waals surface area contributed by atoms with E-state index < -0.39 is 0 Å². The van der Waals surface area contributed by atoms with E-state index in [9.17, 15) is 5.11 Å². The second-order valence-electron chi connectivity index (χ2n) is 7.29. The zero-order valence-corrected chi connectivity index (χ0v) is 18.8. The van der Waals surface area contributed by atoms with Gasteiger partial charge in [-0.05, 0) is 18.1 Å². The smallest absolute Gasteiger partial charge is 0.124 e. The lowest BCUT2D eigenvalue weighted by atomic mass is 9.97. The zero-order valence-electron chi connectivity index (χ0n) is 17.2. The number of aromatic hydroxyl groups is 1. The van der Waals surface area contributed by atoms with Crippen molar-refractivity contribution in [2.75, 3.05) is 26.2 Å². The summed E-state index contributed by atoms with van der Waals surface area (Å²) < 4.78 is 5.87. The number of hydrogen-bond acceptors (Lipinski definition) is 4. The summed E-state index contributed by atoms with van der Waals surface area (Å²) in [4.78, 5) is 2.51. The molecule has 29 heavy (non-hydrogen) atoms. The number of rotatable bonds is 9. The number of ether oxygens (including phenoxy) is 1. The molecule has 0 aromatic heterocycles. The van der Waals surface area contributed by atoms with E-state index >= 15 is 0 Å². The molecule has 6 heteroatoms. The summed E-state index contributed by atoms with van der Waals surface area (Å²) in [6.07, 6.45) is 4.73. The Morgan fingerprint density at radius 3 is 2.41 bits per heavy atom. The first kappa shape index (κ1) is 25.6. The molecule has 0 saturated carbocycles. The average molecular weight is 441 g/mol. The summed E-state index contributed by atoms with van der Waals surface area (Å²) in [7, 11) is 0. The van der Waals surface area contributed by atoms with E-state index in [0.29, 0.717) is 18.1 Å². The molecular formula is C23H34Cl2N2O2. The number of phenolic OH excluding ortho intramolecular Hbond substituents is 1. The monoisotopic (exact) mass is 440 g/mol. The van der Waals surface area contributed by atoms with Crippen molar-refractivity contribution in [1.82, 2.24) is 10.2 Å². The molecule has 0 bridgehead atoms. The van der Waals surface area contributed by atoms with Gasteiger partial charge < -0.3 is 15.2 Å². The average Bonchev–Trinajstić information content (AvgIpc) is 2.72. The first-order chi connectivity index (χ1) is 13.3. The molecule has 0 radical (unpaired) electrons. The second kappa shape index (κ2) is 13.7. The molecule has 2 aromatic carbocycles. The molecule has 1 saturated heterocycles. The molecule has 3 rings (SSSR count). The Morgan fingerprint density at radius 2 is 1.76 bits per heavy atom. The van der Waals surface area contributed by atoms with Gasteiger partial charge in [0.1, 0.15) is 18.1 Å². The van der Waals surface area contributed by atoms with Crippen molar-refractivity contribution in [3.8, 4) is 11.5 Å². The molecule has 1 heterocycles. The fourth-order valence-electron chi connectivity index (χ4n) is 3.75. The summed E-state index contributed by atoms with van der Waals surface area (Å²) in [5, 5.41) is 14.1. The van der Waals surface area contributed by atoms with Crippen molar-refractivity contribution < 1.29 is 9.84 Å². The number of nitrogens with one attached hydrogen (secondary N) is 1.